The van der Waals surface area contributed by atoms with Gasteiger partial charge in [0, 0.05) is 10.0 Å². The van der Waals surface area contributed by atoms with E-state index in [2.05, 4.69) is 0 Å². The molecule has 0 aliphatic rings. The van der Waals surface area contributed by atoms with Gasteiger partial charge in [-0.3, -0.25) is 4.79 Å². The summed E-state index contributed by atoms with van der Waals surface area (Å²) in [6.45, 7) is 1.86. The lowest BCUT2D eigenvalue weighted by Gasteiger charge is -2.18. The summed E-state index contributed by atoms with van der Waals surface area (Å²) in [5.74, 6) is -0.670. The Morgan fingerprint density at radius 2 is 1.94 bits per heavy atom. The fraction of sp³-hybridized carbons (Fsp3) is 0.364. The molecule has 0 aliphatic carbocycles. The van der Waals surface area contributed by atoms with Crippen molar-refractivity contribution >= 4 is 29.2 Å². The largest absolute Gasteiger partial charge is 0.465 e. The van der Waals surface area contributed by atoms with Crippen LogP contribution in [0.5, 0.6) is 0 Å². The molecule has 0 aromatic heterocycles. The molecule has 6 heteroatoms. The number of carbonyl (C=O) groups excluding carboxylic acids is 1. The highest BCUT2D eigenvalue weighted by molar-refractivity contribution is 6.34. The van der Waals surface area contributed by atoms with Gasteiger partial charge in [-0.15, -0.1) is 0 Å². The van der Waals surface area contributed by atoms with Gasteiger partial charge in [-0.25, -0.2) is 0 Å². The molecule has 0 saturated carbocycles. The summed E-state index contributed by atoms with van der Waals surface area (Å²) in [7, 11) is 0. The van der Waals surface area contributed by atoms with Crippen molar-refractivity contribution in [1.82, 2.24) is 0 Å². The number of aliphatic hydroxyl groups excluding tert-OH is 1. The van der Waals surface area contributed by atoms with Crippen molar-refractivity contribution in [1.29, 1.82) is 0 Å². The zero-order valence-electron chi connectivity index (χ0n) is 9.19. The smallest absolute Gasteiger partial charge is 0.325 e. The van der Waals surface area contributed by atoms with Crippen molar-refractivity contribution in [2.45, 2.75) is 19.1 Å². The highest BCUT2D eigenvalue weighted by Gasteiger charge is 2.25. The van der Waals surface area contributed by atoms with Crippen LogP contribution in [0, 0.1) is 0 Å². The minimum Gasteiger partial charge on any atom is -0.465 e. The van der Waals surface area contributed by atoms with E-state index in [1.54, 1.807) is 6.92 Å². The Balaban J connectivity index is 2.87. The number of aliphatic hydroxyl groups is 1. The quantitative estimate of drug-likeness (QED) is 0.825. The highest BCUT2D eigenvalue weighted by Crippen LogP contribution is 2.25. The first-order valence-corrected chi connectivity index (χ1v) is 5.77. The molecule has 2 unspecified atom stereocenters. The normalized spacial score (nSPS) is 14.2. The van der Waals surface area contributed by atoms with Crippen molar-refractivity contribution < 1.29 is 14.6 Å². The van der Waals surface area contributed by atoms with Crippen LogP contribution in [0.1, 0.15) is 18.6 Å². The number of hydrogen-bond acceptors (Lipinski definition) is 4. The van der Waals surface area contributed by atoms with Gasteiger partial charge in [-0.2, -0.15) is 0 Å². The van der Waals surface area contributed by atoms with E-state index in [0.717, 1.165) is 0 Å². The number of benzene rings is 1. The van der Waals surface area contributed by atoms with Crippen molar-refractivity contribution in [3.63, 3.8) is 0 Å². The Kier molecular flexibility index (Phi) is 5.21. The molecule has 0 fully saturated rings. The molecule has 0 heterocycles. The van der Waals surface area contributed by atoms with Gasteiger partial charge in [0.15, 0.2) is 0 Å². The number of esters is 1. The molecule has 0 aliphatic heterocycles. The van der Waals surface area contributed by atoms with Crippen LogP contribution in [-0.2, 0) is 9.53 Å². The van der Waals surface area contributed by atoms with Gasteiger partial charge in [-0.1, -0.05) is 23.2 Å². The van der Waals surface area contributed by atoms with Crippen LogP contribution in [-0.4, -0.2) is 23.7 Å². The third-order valence-corrected chi connectivity index (χ3v) is 2.56. The molecule has 1 rings (SSSR count). The predicted molar refractivity (Wildman–Crippen MR) is 66.0 cm³/mol. The van der Waals surface area contributed by atoms with E-state index in [4.69, 9.17) is 33.7 Å². The van der Waals surface area contributed by atoms with E-state index >= 15 is 0 Å². The molecule has 0 spiro atoms. The summed E-state index contributed by atoms with van der Waals surface area (Å²) >= 11 is 11.6. The van der Waals surface area contributed by atoms with Gasteiger partial charge >= 0.3 is 5.97 Å². The predicted octanol–water partition coefficient (Wildman–Crippen LogP) is 1.92. The van der Waals surface area contributed by atoms with Gasteiger partial charge in [-0.05, 0) is 30.7 Å². The van der Waals surface area contributed by atoms with E-state index in [1.807, 2.05) is 0 Å². The number of carbonyl (C=O) groups is 1. The lowest BCUT2D eigenvalue weighted by molar-refractivity contribution is -0.147. The number of ether oxygens (including phenoxy) is 1. The summed E-state index contributed by atoms with van der Waals surface area (Å²) in [4.78, 5) is 11.4. The molecule has 94 valence electrons. The van der Waals surface area contributed by atoms with Crippen LogP contribution >= 0.6 is 23.2 Å². The van der Waals surface area contributed by atoms with Crippen LogP contribution in [0.3, 0.4) is 0 Å². The fourth-order valence-electron chi connectivity index (χ4n) is 1.32. The molecule has 1 aromatic rings. The second-order valence-corrected chi connectivity index (χ2v) is 4.30. The average molecular weight is 278 g/mol. The summed E-state index contributed by atoms with van der Waals surface area (Å²) in [6.07, 6.45) is -1.20. The Labute approximate surface area is 109 Å². The third-order valence-electron chi connectivity index (χ3n) is 2.13. The van der Waals surface area contributed by atoms with Crippen molar-refractivity contribution in [2.75, 3.05) is 6.61 Å². The first-order valence-electron chi connectivity index (χ1n) is 5.02. The average Bonchev–Trinajstić information content (AvgIpc) is 2.26. The number of nitrogens with two attached hydrogens (primary N) is 1. The molecule has 0 bridgehead atoms. The summed E-state index contributed by atoms with van der Waals surface area (Å²) in [6, 6.07) is 3.35. The maximum Gasteiger partial charge on any atom is 0.325 e. The van der Waals surface area contributed by atoms with Crippen LogP contribution in [0.2, 0.25) is 10.0 Å². The number of halogens is 2. The molecule has 17 heavy (non-hydrogen) atoms. The Morgan fingerprint density at radius 1 is 1.41 bits per heavy atom. The maximum absolute atomic E-state index is 11.4. The summed E-state index contributed by atoms with van der Waals surface area (Å²) in [5, 5.41) is 10.6. The second-order valence-electron chi connectivity index (χ2n) is 3.43. The minimum absolute atomic E-state index is 0.204. The van der Waals surface area contributed by atoms with E-state index in [-0.39, 0.29) is 6.61 Å². The summed E-state index contributed by atoms with van der Waals surface area (Å²) in [5.41, 5.74) is 5.95. The highest BCUT2D eigenvalue weighted by atomic mass is 35.5. The topological polar surface area (TPSA) is 72.5 Å². The SMILES string of the molecule is CCOC(=O)C(N)C(O)c1cc(Cl)cc(Cl)c1. The monoisotopic (exact) mass is 277 g/mol. The lowest BCUT2D eigenvalue weighted by atomic mass is 10.0. The molecule has 3 N–H and O–H groups in total. The Bertz CT molecular complexity index is 391. The number of rotatable bonds is 4. The molecule has 2 atom stereocenters. The first-order chi connectivity index (χ1) is 7.95. The molecule has 4 nitrogen and oxygen atoms in total. The van der Waals surface area contributed by atoms with Crippen LogP contribution in [0.15, 0.2) is 18.2 Å². The Morgan fingerprint density at radius 3 is 2.41 bits per heavy atom. The van der Waals surface area contributed by atoms with E-state index in [1.165, 1.54) is 18.2 Å². The molecule has 0 saturated heterocycles. The molecule has 1 aromatic carbocycles. The summed E-state index contributed by atoms with van der Waals surface area (Å²) < 4.78 is 4.72. The van der Waals surface area contributed by atoms with Crippen LogP contribution in [0.25, 0.3) is 0 Å². The van der Waals surface area contributed by atoms with Crippen LogP contribution < -0.4 is 5.73 Å². The lowest BCUT2D eigenvalue weighted by Crippen LogP contribution is -2.38. The van der Waals surface area contributed by atoms with Gasteiger partial charge < -0.3 is 15.6 Å². The molecule has 0 radical (unpaired) electrons. The zero-order chi connectivity index (χ0) is 13.0. The number of hydrogen-bond donors (Lipinski definition) is 2. The molecular formula is C11H13Cl2NO3. The van der Waals surface area contributed by atoms with Crippen molar-refractivity contribution in [3.05, 3.63) is 33.8 Å². The van der Waals surface area contributed by atoms with E-state index < -0.39 is 18.1 Å². The first kappa shape index (κ1) is 14.3. The molecular weight excluding hydrogens is 265 g/mol. The van der Waals surface area contributed by atoms with E-state index in [9.17, 15) is 9.90 Å². The van der Waals surface area contributed by atoms with Gasteiger partial charge in [0.25, 0.3) is 0 Å². The maximum atomic E-state index is 11.4. The molecule has 0 amide bonds. The third kappa shape index (κ3) is 3.85. The van der Waals surface area contributed by atoms with Gasteiger partial charge in [0.1, 0.15) is 12.1 Å². The van der Waals surface area contributed by atoms with Gasteiger partial charge in [0.05, 0.1) is 6.61 Å². The fourth-order valence-corrected chi connectivity index (χ4v) is 1.86. The minimum atomic E-state index is -1.20. The second kappa shape index (κ2) is 6.21. The standard InChI is InChI=1S/C11H13Cl2NO3/c1-2-17-11(16)9(14)10(15)6-3-7(12)5-8(13)4-6/h3-5,9-10,15H,2,14H2,1H3. The Hall–Kier alpha value is -0.810. The van der Waals surface area contributed by atoms with Crippen molar-refractivity contribution in [3.8, 4) is 0 Å². The van der Waals surface area contributed by atoms with Gasteiger partial charge in [0.2, 0.25) is 0 Å². The van der Waals surface area contributed by atoms with Crippen molar-refractivity contribution in [2.24, 2.45) is 5.73 Å². The zero-order valence-corrected chi connectivity index (χ0v) is 10.7. The van der Waals surface area contributed by atoms with E-state index in [0.29, 0.717) is 15.6 Å². The van der Waals surface area contributed by atoms with Crippen LogP contribution in [0.4, 0.5) is 0 Å².